The zero-order valence-corrected chi connectivity index (χ0v) is 12.2. The highest BCUT2D eigenvalue weighted by molar-refractivity contribution is 5.88. The predicted octanol–water partition coefficient (Wildman–Crippen LogP) is 1.71. The third-order valence-electron chi connectivity index (χ3n) is 3.24. The zero-order chi connectivity index (χ0) is 15.2. The highest BCUT2D eigenvalue weighted by Crippen LogP contribution is 2.09. The second-order valence-electron chi connectivity index (χ2n) is 4.83. The van der Waals surface area contributed by atoms with Gasteiger partial charge in [-0.2, -0.15) is 0 Å². The van der Waals surface area contributed by atoms with E-state index in [1.165, 1.54) is 4.68 Å². The molecule has 6 heteroatoms. The first-order valence-corrected chi connectivity index (χ1v) is 6.91. The lowest BCUT2D eigenvalue weighted by Crippen LogP contribution is -2.17. The zero-order valence-electron chi connectivity index (χ0n) is 12.2. The highest BCUT2D eigenvalue weighted by atomic mass is 16.5. The summed E-state index contributed by atoms with van der Waals surface area (Å²) in [4.78, 5) is 12.0. The van der Waals surface area contributed by atoms with Crippen molar-refractivity contribution < 1.29 is 14.6 Å². The first-order chi connectivity index (χ1) is 10.1. The van der Waals surface area contributed by atoms with E-state index in [2.05, 4.69) is 10.3 Å². The van der Waals surface area contributed by atoms with Crippen molar-refractivity contribution in [2.75, 3.05) is 0 Å². The molecule has 1 aromatic heterocycles. The molecule has 0 aliphatic rings. The van der Waals surface area contributed by atoms with Gasteiger partial charge in [0.15, 0.2) is 5.69 Å². The molecule has 0 saturated carbocycles. The van der Waals surface area contributed by atoms with Crippen LogP contribution in [0.5, 0.6) is 0 Å². The summed E-state index contributed by atoms with van der Waals surface area (Å²) in [6, 6.07) is 9.44. The van der Waals surface area contributed by atoms with Gasteiger partial charge in [-0.25, -0.2) is 9.48 Å². The normalized spacial score (nSPS) is 12.1. The first kappa shape index (κ1) is 15.2. The molecule has 112 valence electrons. The number of aromatic nitrogens is 3. The van der Waals surface area contributed by atoms with E-state index in [1.54, 1.807) is 6.92 Å². The fourth-order valence-electron chi connectivity index (χ4n) is 1.84. The van der Waals surface area contributed by atoms with E-state index in [-0.39, 0.29) is 12.3 Å². The summed E-state index contributed by atoms with van der Waals surface area (Å²) in [5, 5.41) is 17.4. The van der Waals surface area contributed by atoms with Crippen molar-refractivity contribution in [2.45, 2.75) is 39.5 Å². The average Bonchev–Trinajstić information content (AvgIpc) is 2.87. The van der Waals surface area contributed by atoms with Crippen LogP contribution in [0.4, 0.5) is 0 Å². The van der Waals surface area contributed by atoms with Gasteiger partial charge in [0, 0.05) is 0 Å². The second kappa shape index (κ2) is 6.99. The van der Waals surface area contributed by atoms with E-state index >= 15 is 0 Å². The van der Waals surface area contributed by atoms with Crippen molar-refractivity contribution >= 4 is 5.97 Å². The number of esters is 1. The summed E-state index contributed by atoms with van der Waals surface area (Å²) in [6.07, 6.45) is 0.117. The molecular weight excluding hydrogens is 270 g/mol. The molecular formula is C15H19N3O3. The SMILES string of the molecule is CCC(O)Cn1nnc(C(=O)OCc2ccccc2)c1C. The van der Waals surface area contributed by atoms with E-state index in [0.717, 1.165) is 5.56 Å². The summed E-state index contributed by atoms with van der Waals surface area (Å²) in [6.45, 7) is 4.14. The van der Waals surface area contributed by atoms with E-state index in [4.69, 9.17) is 4.74 Å². The van der Waals surface area contributed by atoms with Gasteiger partial charge in [-0.1, -0.05) is 42.5 Å². The lowest BCUT2D eigenvalue weighted by molar-refractivity contribution is 0.0464. The number of carbonyl (C=O) groups excluding carboxylic acids is 1. The van der Waals surface area contributed by atoms with Crippen molar-refractivity contribution in [3.63, 3.8) is 0 Å². The molecule has 0 spiro atoms. The van der Waals surface area contributed by atoms with Crippen LogP contribution in [0.15, 0.2) is 30.3 Å². The average molecular weight is 289 g/mol. The van der Waals surface area contributed by atoms with Gasteiger partial charge in [0.25, 0.3) is 0 Å². The fourth-order valence-corrected chi connectivity index (χ4v) is 1.84. The van der Waals surface area contributed by atoms with Crippen molar-refractivity contribution in [1.29, 1.82) is 0 Å². The van der Waals surface area contributed by atoms with Gasteiger partial charge in [0.1, 0.15) is 6.61 Å². The summed E-state index contributed by atoms with van der Waals surface area (Å²) in [7, 11) is 0. The maximum Gasteiger partial charge on any atom is 0.361 e. The minimum Gasteiger partial charge on any atom is -0.456 e. The Labute approximate surface area is 123 Å². The molecule has 0 bridgehead atoms. The number of hydrogen-bond donors (Lipinski definition) is 1. The lowest BCUT2D eigenvalue weighted by atomic mass is 10.2. The van der Waals surface area contributed by atoms with E-state index in [1.807, 2.05) is 37.3 Å². The predicted molar refractivity (Wildman–Crippen MR) is 76.6 cm³/mol. The standard InChI is InChI=1S/C15H19N3O3/c1-3-13(19)9-18-11(2)14(16-17-18)15(20)21-10-12-7-5-4-6-8-12/h4-8,13,19H,3,9-10H2,1-2H3. The largest absolute Gasteiger partial charge is 0.456 e. The Morgan fingerprint density at radius 1 is 1.38 bits per heavy atom. The van der Waals surface area contributed by atoms with Gasteiger partial charge in [0.05, 0.1) is 18.3 Å². The maximum atomic E-state index is 12.0. The van der Waals surface area contributed by atoms with E-state index in [9.17, 15) is 9.90 Å². The van der Waals surface area contributed by atoms with Gasteiger partial charge in [-0.15, -0.1) is 5.10 Å². The monoisotopic (exact) mass is 289 g/mol. The molecule has 6 nitrogen and oxygen atoms in total. The Hall–Kier alpha value is -2.21. The molecule has 1 atom stereocenters. The topological polar surface area (TPSA) is 77.2 Å². The van der Waals surface area contributed by atoms with Crippen LogP contribution in [0, 0.1) is 6.92 Å². The molecule has 1 unspecified atom stereocenters. The Balaban J connectivity index is 2.00. The Kier molecular flexibility index (Phi) is 5.05. The van der Waals surface area contributed by atoms with Crippen molar-refractivity contribution in [3.05, 3.63) is 47.3 Å². The third-order valence-corrected chi connectivity index (χ3v) is 3.24. The molecule has 1 N–H and O–H groups in total. The number of nitrogens with zero attached hydrogens (tertiary/aromatic N) is 3. The molecule has 0 radical (unpaired) electrons. The highest BCUT2D eigenvalue weighted by Gasteiger charge is 2.19. The summed E-state index contributed by atoms with van der Waals surface area (Å²) < 4.78 is 6.74. The second-order valence-corrected chi connectivity index (χ2v) is 4.83. The quantitative estimate of drug-likeness (QED) is 0.819. The van der Waals surface area contributed by atoms with Crippen LogP contribution in [0.25, 0.3) is 0 Å². The summed E-state index contributed by atoms with van der Waals surface area (Å²) in [5.74, 6) is -0.506. The number of aliphatic hydroxyl groups is 1. The number of ether oxygens (including phenoxy) is 1. The number of benzene rings is 1. The maximum absolute atomic E-state index is 12.0. The molecule has 0 fully saturated rings. The lowest BCUT2D eigenvalue weighted by Gasteiger charge is -2.08. The van der Waals surface area contributed by atoms with Crippen LogP contribution >= 0.6 is 0 Å². The van der Waals surface area contributed by atoms with Crippen molar-refractivity contribution in [1.82, 2.24) is 15.0 Å². The van der Waals surface area contributed by atoms with Crippen LogP contribution in [-0.2, 0) is 17.9 Å². The number of carbonyl (C=O) groups is 1. The van der Waals surface area contributed by atoms with Gasteiger partial charge in [-0.3, -0.25) is 0 Å². The van der Waals surface area contributed by atoms with Crippen LogP contribution < -0.4 is 0 Å². The van der Waals surface area contributed by atoms with Gasteiger partial charge >= 0.3 is 5.97 Å². The number of rotatable bonds is 6. The number of aliphatic hydroxyl groups excluding tert-OH is 1. The Morgan fingerprint density at radius 2 is 2.10 bits per heavy atom. The molecule has 0 aliphatic carbocycles. The Bertz CT molecular complexity index is 595. The minimum absolute atomic E-state index is 0.189. The molecule has 1 heterocycles. The third kappa shape index (κ3) is 3.88. The minimum atomic E-state index is -0.506. The van der Waals surface area contributed by atoms with Gasteiger partial charge in [-0.05, 0) is 18.9 Å². The number of hydrogen-bond acceptors (Lipinski definition) is 5. The van der Waals surface area contributed by atoms with Gasteiger partial charge < -0.3 is 9.84 Å². The van der Waals surface area contributed by atoms with Crippen LogP contribution in [0.1, 0.15) is 35.1 Å². The Morgan fingerprint density at radius 3 is 2.76 bits per heavy atom. The molecule has 0 amide bonds. The molecule has 2 rings (SSSR count). The van der Waals surface area contributed by atoms with Crippen LogP contribution in [0.2, 0.25) is 0 Å². The van der Waals surface area contributed by atoms with Crippen LogP contribution in [0.3, 0.4) is 0 Å². The van der Waals surface area contributed by atoms with Crippen molar-refractivity contribution in [2.24, 2.45) is 0 Å². The van der Waals surface area contributed by atoms with E-state index < -0.39 is 12.1 Å². The molecule has 0 saturated heterocycles. The van der Waals surface area contributed by atoms with Crippen molar-refractivity contribution in [3.8, 4) is 0 Å². The summed E-state index contributed by atoms with van der Waals surface area (Å²) in [5.41, 5.74) is 1.70. The fraction of sp³-hybridized carbons (Fsp3) is 0.400. The van der Waals surface area contributed by atoms with Crippen LogP contribution in [-0.4, -0.2) is 32.2 Å². The molecule has 0 aliphatic heterocycles. The summed E-state index contributed by atoms with van der Waals surface area (Å²) >= 11 is 0. The molecule has 1 aromatic carbocycles. The van der Waals surface area contributed by atoms with E-state index in [0.29, 0.717) is 18.7 Å². The smallest absolute Gasteiger partial charge is 0.361 e. The van der Waals surface area contributed by atoms with Gasteiger partial charge in [0.2, 0.25) is 0 Å². The molecule has 2 aromatic rings. The first-order valence-electron chi connectivity index (χ1n) is 6.91. The molecule has 21 heavy (non-hydrogen) atoms.